The lowest BCUT2D eigenvalue weighted by Gasteiger charge is -2.35. The van der Waals surface area contributed by atoms with Crippen molar-refractivity contribution in [3.05, 3.63) is 65.7 Å². The summed E-state index contributed by atoms with van der Waals surface area (Å²) >= 11 is 0. The molecule has 0 aliphatic carbocycles. The van der Waals surface area contributed by atoms with Crippen LogP contribution in [-0.4, -0.2) is 37.2 Å². The lowest BCUT2D eigenvalue weighted by Crippen LogP contribution is -2.45. The summed E-state index contributed by atoms with van der Waals surface area (Å²) in [5.41, 5.74) is 2.12. The van der Waals surface area contributed by atoms with Crippen LogP contribution in [0.2, 0.25) is 0 Å². The zero-order chi connectivity index (χ0) is 16.1. The summed E-state index contributed by atoms with van der Waals surface area (Å²) in [5.74, 6) is 0.746. The molecule has 4 heteroatoms. The minimum absolute atomic E-state index is 0.00888. The highest BCUT2D eigenvalue weighted by molar-refractivity contribution is 5.78. The monoisotopic (exact) mass is 311 g/mol. The highest BCUT2D eigenvalue weighted by atomic mass is 16.5. The molecule has 0 N–H and O–H groups in total. The predicted octanol–water partition coefficient (Wildman–Crippen LogP) is 2.97. The maximum Gasteiger partial charge on any atom is 0.261 e. The van der Waals surface area contributed by atoms with E-state index in [2.05, 4.69) is 0 Å². The number of amides is 1. The van der Waals surface area contributed by atoms with Crippen molar-refractivity contribution in [2.24, 2.45) is 0 Å². The molecule has 1 unspecified atom stereocenters. The van der Waals surface area contributed by atoms with Gasteiger partial charge in [0.05, 0.1) is 19.3 Å². The number of ether oxygens (including phenoxy) is 2. The Balaban J connectivity index is 1.68. The van der Waals surface area contributed by atoms with Crippen LogP contribution < -0.4 is 4.74 Å². The van der Waals surface area contributed by atoms with Crippen molar-refractivity contribution in [1.82, 2.24) is 4.90 Å². The number of hydrogen-bond donors (Lipinski definition) is 0. The van der Waals surface area contributed by atoms with Gasteiger partial charge in [-0.15, -0.1) is 0 Å². The van der Waals surface area contributed by atoms with E-state index >= 15 is 0 Å². The van der Waals surface area contributed by atoms with Crippen molar-refractivity contribution in [2.45, 2.75) is 13.0 Å². The van der Waals surface area contributed by atoms with E-state index in [-0.39, 0.29) is 18.6 Å². The zero-order valence-corrected chi connectivity index (χ0v) is 13.3. The van der Waals surface area contributed by atoms with Gasteiger partial charge in [-0.05, 0) is 24.1 Å². The van der Waals surface area contributed by atoms with Crippen LogP contribution in [-0.2, 0) is 9.53 Å². The Labute approximate surface area is 136 Å². The van der Waals surface area contributed by atoms with Gasteiger partial charge in [0, 0.05) is 6.54 Å². The first-order valence-corrected chi connectivity index (χ1v) is 7.86. The average molecular weight is 311 g/mol. The Morgan fingerprint density at radius 2 is 1.91 bits per heavy atom. The summed E-state index contributed by atoms with van der Waals surface area (Å²) in [6.07, 6.45) is 0. The third kappa shape index (κ3) is 3.71. The molecule has 0 radical (unpaired) electrons. The van der Waals surface area contributed by atoms with Gasteiger partial charge in [-0.25, -0.2) is 0 Å². The van der Waals surface area contributed by atoms with Gasteiger partial charge < -0.3 is 14.4 Å². The number of morpholine rings is 1. The van der Waals surface area contributed by atoms with Crippen LogP contribution in [0.1, 0.15) is 17.2 Å². The summed E-state index contributed by atoms with van der Waals surface area (Å²) in [6, 6.07) is 17.7. The van der Waals surface area contributed by atoms with E-state index < -0.39 is 0 Å². The highest BCUT2D eigenvalue weighted by Gasteiger charge is 2.28. The van der Waals surface area contributed by atoms with Crippen LogP contribution in [0.3, 0.4) is 0 Å². The fourth-order valence-electron chi connectivity index (χ4n) is 2.79. The summed E-state index contributed by atoms with van der Waals surface area (Å²) < 4.78 is 11.3. The van der Waals surface area contributed by atoms with Crippen LogP contribution >= 0.6 is 0 Å². The molecule has 120 valence electrons. The van der Waals surface area contributed by atoms with E-state index in [1.807, 2.05) is 66.4 Å². The zero-order valence-electron chi connectivity index (χ0n) is 13.3. The van der Waals surface area contributed by atoms with Crippen molar-refractivity contribution >= 4 is 5.91 Å². The van der Waals surface area contributed by atoms with E-state index in [0.29, 0.717) is 19.8 Å². The molecule has 1 heterocycles. The van der Waals surface area contributed by atoms with Gasteiger partial charge in [0.1, 0.15) is 5.75 Å². The lowest BCUT2D eigenvalue weighted by molar-refractivity contribution is -0.142. The van der Waals surface area contributed by atoms with E-state index in [0.717, 1.165) is 16.9 Å². The van der Waals surface area contributed by atoms with E-state index in [1.54, 1.807) is 0 Å². The molecule has 1 atom stereocenters. The summed E-state index contributed by atoms with van der Waals surface area (Å²) in [7, 11) is 0. The molecule has 4 nitrogen and oxygen atoms in total. The van der Waals surface area contributed by atoms with E-state index in [4.69, 9.17) is 9.47 Å². The van der Waals surface area contributed by atoms with Gasteiger partial charge >= 0.3 is 0 Å². The number of carbonyl (C=O) groups is 1. The number of carbonyl (C=O) groups excluding carboxylic acids is 1. The smallest absolute Gasteiger partial charge is 0.261 e. The van der Waals surface area contributed by atoms with E-state index in [9.17, 15) is 4.79 Å². The van der Waals surface area contributed by atoms with Gasteiger partial charge in [0.25, 0.3) is 5.91 Å². The normalized spacial score (nSPS) is 17.8. The standard InChI is InChI=1S/C19H21NO3/c1-15-7-5-6-10-18(15)23-14-19(21)20-11-12-22-13-17(20)16-8-3-2-4-9-16/h2-10,17H,11-14H2,1H3. The van der Waals surface area contributed by atoms with Crippen LogP contribution in [0, 0.1) is 6.92 Å². The molecule has 0 saturated carbocycles. The molecular formula is C19H21NO3. The van der Waals surface area contributed by atoms with Crippen molar-refractivity contribution < 1.29 is 14.3 Å². The molecule has 1 saturated heterocycles. The summed E-state index contributed by atoms with van der Waals surface area (Å²) in [4.78, 5) is 14.5. The topological polar surface area (TPSA) is 38.8 Å². The molecule has 0 bridgehead atoms. The van der Waals surface area contributed by atoms with Crippen LogP contribution in [0.25, 0.3) is 0 Å². The number of rotatable bonds is 4. The maximum absolute atomic E-state index is 12.6. The Morgan fingerprint density at radius 1 is 1.17 bits per heavy atom. The lowest BCUT2D eigenvalue weighted by atomic mass is 10.1. The molecule has 1 aliphatic rings. The van der Waals surface area contributed by atoms with Gasteiger partial charge in [0.2, 0.25) is 0 Å². The number of para-hydroxylation sites is 1. The summed E-state index contributed by atoms with van der Waals surface area (Å²) in [5, 5.41) is 0. The number of hydrogen-bond acceptors (Lipinski definition) is 3. The Kier molecular flexibility index (Phi) is 4.93. The minimum Gasteiger partial charge on any atom is -0.484 e. The van der Waals surface area contributed by atoms with Gasteiger partial charge in [-0.3, -0.25) is 4.79 Å². The quantitative estimate of drug-likeness (QED) is 0.871. The Bertz CT molecular complexity index is 657. The SMILES string of the molecule is Cc1ccccc1OCC(=O)N1CCOCC1c1ccccc1. The highest BCUT2D eigenvalue weighted by Crippen LogP contribution is 2.24. The predicted molar refractivity (Wildman–Crippen MR) is 88.4 cm³/mol. The van der Waals surface area contributed by atoms with Crippen molar-refractivity contribution in [3.63, 3.8) is 0 Å². The molecular weight excluding hydrogens is 290 g/mol. The second kappa shape index (κ2) is 7.29. The third-order valence-electron chi connectivity index (χ3n) is 4.08. The summed E-state index contributed by atoms with van der Waals surface area (Å²) in [6.45, 7) is 3.71. The molecule has 1 amide bonds. The van der Waals surface area contributed by atoms with Gasteiger partial charge in [0.15, 0.2) is 6.61 Å². The molecule has 2 aromatic carbocycles. The largest absolute Gasteiger partial charge is 0.484 e. The molecule has 2 aromatic rings. The fraction of sp³-hybridized carbons (Fsp3) is 0.316. The molecule has 0 aromatic heterocycles. The van der Waals surface area contributed by atoms with Crippen molar-refractivity contribution in [1.29, 1.82) is 0 Å². The second-order valence-corrected chi connectivity index (χ2v) is 5.64. The van der Waals surface area contributed by atoms with Crippen LogP contribution in [0.15, 0.2) is 54.6 Å². The maximum atomic E-state index is 12.6. The first kappa shape index (κ1) is 15.6. The van der Waals surface area contributed by atoms with Crippen LogP contribution in [0.5, 0.6) is 5.75 Å². The second-order valence-electron chi connectivity index (χ2n) is 5.64. The minimum atomic E-state index is -0.0436. The first-order chi connectivity index (χ1) is 11.3. The van der Waals surface area contributed by atoms with Crippen LogP contribution in [0.4, 0.5) is 0 Å². The third-order valence-corrected chi connectivity index (χ3v) is 4.08. The molecule has 0 spiro atoms. The number of benzene rings is 2. The Hall–Kier alpha value is -2.33. The average Bonchev–Trinajstić information content (AvgIpc) is 2.61. The molecule has 1 aliphatic heterocycles. The number of nitrogens with zero attached hydrogens (tertiary/aromatic N) is 1. The number of aryl methyl sites for hydroxylation is 1. The van der Waals surface area contributed by atoms with Crippen molar-refractivity contribution in [2.75, 3.05) is 26.4 Å². The molecule has 1 fully saturated rings. The molecule has 3 rings (SSSR count). The van der Waals surface area contributed by atoms with Gasteiger partial charge in [-0.1, -0.05) is 48.5 Å². The molecule has 23 heavy (non-hydrogen) atoms. The van der Waals surface area contributed by atoms with Crippen molar-refractivity contribution in [3.8, 4) is 5.75 Å². The van der Waals surface area contributed by atoms with E-state index in [1.165, 1.54) is 0 Å². The fourth-order valence-corrected chi connectivity index (χ4v) is 2.79. The Morgan fingerprint density at radius 3 is 2.70 bits per heavy atom. The van der Waals surface area contributed by atoms with Gasteiger partial charge in [-0.2, -0.15) is 0 Å². The first-order valence-electron chi connectivity index (χ1n) is 7.86.